The average molecular weight is 269 g/mol. The summed E-state index contributed by atoms with van der Waals surface area (Å²) in [4.78, 5) is 23.3. The number of pyridine rings is 1. The van der Waals surface area contributed by atoms with Gasteiger partial charge in [-0.15, -0.1) is 0 Å². The Morgan fingerprint density at radius 1 is 1.30 bits per heavy atom. The van der Waals surface area contributed by atoms with Gasteiger partial charge < -0.3 is 10.1 Å². The molecule has 2 N–H and O–H groups in total. The molecule has 2 bridgehead atoms. The fraction of sp³-hybridized carbons (Fsp3) is 0.533. The summed E-state index contributed by atoms with van der Waals surface area (Å²) >= 11 is 0. The Labute approximate surface area is 115 Å². The molecule has 5 nitrogen and oxygen atoms in total. The van der Waals surface area contributed by atoms with Gasteiger partial charge in [-0.3, -0.25) is 0 Å². The van der Waals surface area contributed by atoms with Crippen molar-refractivity contribution in [2.24, 2.45) is 23.7 Å². The van der Waals surface area contributed by atoms with Gasteiger partial charge >= 0.3 is 5.97 Å². The van der Waals surface area contributed by atoms with E-state index in [1.807, 2.05) is 0 Å². The van der Waals surface area contributed by atoms with Crippen LogP contribution in [0.25, 0.3) is 11.2 Å². The summed E-state index contributed by atoms with van der Waals surface area (Å²) in [7, 11) is 0. The summed E-state index contributed by atoms with van der Waals surface area (Å²) in [6.45, 7) is 0. The molecule has 0 aromatic carbocycles. The molecule has 3 fully saturated rings. The number of nitrogens with one attached hydrogen (secondary N) is 1. The molecule has 0 spiro atoms. The van der Waals surface area contributed by atoms with Crippen molar-refractivity contribution in [2.45, 2.75) is 25.2 Å². The Kier molecular flexibility index (Phi) is 1.84. The fourth-order valence-electron chi connectivity index (χ4n) is 4.96. The second kappa shape index (κ2) is 3.40. The van der Waals surface area contributed by atoms with Gasteiger partial charge in [0.2, 0.25) is 0 Å². The van der Waals surface area contributed by atoms with Gasteiger partial charge in [-0.1, -0.05) is 0 Å². The normalized spacial score (nSPS) is 37.3. The number of hydrogen-bond donors (Lipinski definition) is 2. The number of rotatable bonds is 2. The summed E-state index contributed by atoms with van der Waals surface area (Å²) in [6.07, 6.45) is 5.68. The molecule has 102 valence electrons. The molecule has 2 aromatic rings. The van der Waals surface area contributed by atoms with Crippen LogP contribution >= 0.6 is 0 Å². The SMILES string of the molecule is O=C(O)c1ccnc2nc(C3C4C5CCC(C5)C34)[nH]c12. The van der Waals surface area contributed by atoms with E-state index in [0.29, 0.717) is 17.1 Å². The van der Waals surface area contributed by atoms with Gasteiger partial charge in [-0.2, -0.15) is 0 Å². The second-order valence-electron chi connectivity index (χ2n) is 6.50. The maximum Gasteiger partial charge on any atom is 0.338 e. The first kappa shape index (κ1) is 10.8. The van der Waals surface area contributed by atoms with E-state index in [2.05, 4.69) is 15.0 Å². The molecule has 3 aliphatic rings. The number of carbonyl (C=O) groups is 1. The van der Waals surface area contributed by atoms with Crippen LogP contribution in [0.1, 0.15) is 41.4 Å². The van der Waals surface area contributed by atoms with Gasteiger partial charge in [0, 0.05) is 12.1 Å². The van der Waals surface area contributed by atoms with Crippen LogP contribution in [0.2, 0.25) is 0 Å². The van der Waals surface area contributed by atoms with Crippen molar-refractivity contribution in [3.05, 3.63) is 23.7 Å². The molecule has 2 aromatic heterocycles. The predicted molar refractivity (Wildman–Crippen MR) is 71.4 cm³/mol. The largest absolute Gasteiger partial charge is 0.478 e. The van der Waals surface area contributed by atoms with Crippen LogP contribution in [0, 0.1) is 23.7 Å². The minimum absolute atomic E-state index is 0.266. The van der Waals surface area contributed by atoms with Crippen molar-refractivity contribution in [1.82, 2.24) is 15.0 Å². The average Bonchev–Trinajstić information content (AvgIpc) is 2.82. The lowest BCUT2D eigenvalue weighted by molar-refractivity contribution is 0.0698. The number of imidazole rings is 1. The third kappa shape index (κ3) is 1.21. The first-order chi connectivity index (χ1) is 9.74. The molecule has 0 saturated heterocycles. The zero-order valence-corrected chi connectivity index (χ0v) is 10.9. The summed E-state index contributed by atoms with van der Waals surface area (Å²) in [5.74, 6) is 3.92. The zero-order chi connectivity index (χ0) is 13.4. The second-order valence-corrected chi connectivity index (χ2v) is 6.50. The lowest BCUT2D eigenvalue weighted by Gasteiger charge is -2.05. The molecule has 20 heavy (non-hydrogen) atoms. The van der Waals surface area contributed by atoms with Crippen molar-refractivity contribution < 1.29 is 9.90 Å². The maximum atomic E-state index is 11.2. The van der Waals surface area contributed by atoms with Crippen LogP contribution in [0.3, 0.4) is 0 Å². The molecule has 5 rings (SSSR count). The molecular formula is C15H15N3O2. The minimum atomic E-state index is -0.927. The third-order valence-corrected chi connectivity index (χ3v) is 5.69. The Bertz CT molecular complexity index is 722. The maximum absolute atomic E-state index is 11.2. The number of aromatic nitrogens is 3. The van der Waals surface area contributed by atoms with Crippen molar-refractivity contribution in [1.29, 1.82) is 0 Å². The van der Waals surface area contributed by atoms with Crippen molar-refractivity contribution in [3.63, 3.8) is 0 Å². The lowest BCUT2D eigenvalue weighted by Crippen LogP contribution is -1.99. The molecule has 4 atom stereocenters. The molecule has 0 radical (unpaired) electrons. The number of hydrogen-bond acceptors (Lipinski definition) is 3. The Morgan fingerprint density at radius 2 is 2.05 bits per heavy atom. The van der Waals surface area contributed by atoms with Crippen molar-refractivity contribution in [3.8, 4) is 0 Å². The topological polar surface area (TPSA) is 78.9 Å². The van der Waals surface area contributed by atoms with Gasteiger partial charge in [0.05, 0.1) is 11.1 Å². The number of fused-ring (bicyclic) bond motifs is 6. The number of H-pyrrole nitrogens is 1. The number of carboxylic acid groups (broad SMARTS) is 1. The fourth-order valence-corrected chi connectivity index (χ4v) is 4.96. The first-order valence-electron chi connectivity index (χ1n) is 7.32. The van der Waals surface area contributed by atoms with Crippen molar-refractivity contribution >= 4 is 17.1 Å². The smallest absolute Gasteiger partial charge is 0.338 e. The number of aromatic amines is 1. The molecule has 3 aliphatic carbocycles. The van der Waals surface area contributed by atoms with Gasteiger partial charge in [0.25, 0.3) is 0 Å². The van der Waals surface area contributed by atoms with Crippen LogP contribution in [0.5, 0.6) is 0 Å². The van der Waals surface area contributed by atoms with Gasteiger partial charge in [-0.05, 0) is 49.0 Å². The Balaban J connectivity index is 1.59. The predicted octanol–water partition coefficient (Wildman–Crippen LogP) is 2.42. The highest BCUT2D eigenvalue weighted by Gasteiger charge is 2.66. The third-order valence-electron chi connectivity index (χ3n) is 5.69. The van der Waals surface area contributed by atoms with Crippen LogP contribution < -0.4 is 0 Å². The minimum Gasteiger partial charge on any atom is -0.478 e. The molecular weight excluding hydrogens is 254 g/mol. The lowest BCUT2D eigenvalue weighted by atomic mass is 10.0. The monoisotopic (exact) mass is 269 g/mol. The van der Waals surface area contributed by atoms with E-state index in [-0.39, 0.29) is 5.56 Å². The number of carboxylic acids is 1. The zero-order valence-electron chi connectivity index (χ0n) is 10.9. The highest BCUT2D eigenvalue weighted by molar-refractivity contribution is 5.99. The van der Waals surface area contributed by atoms with E-state index >= 15 is 0 Å². The van der Waals surface area contributed by atoms with E-state index in [4.69, 9.17) is 0 Å². The van der Waals surface area contributed by atoms with E-state index in [1.54, 1.807) is 0 Å². The molecule has 3 saturated carbocycles. The van der Waals surface area contributed by atoms with Crippen LogP contribution in [0.15, 0.2) is 12.3 Å². The molecule has 5 heteroatoms. The van der Waals surface area contributed by atoms with Crippen molar-refractivity contribution in [2.75, 3.05) is 0 Å². The van der Waals surface area contributed by atoms with Crippen LogP contribution in [-0.2, 0) is 0 Å². The van der Waals surface area contributed by atoms with Crippen LogP contribution in [-0.4, -0.2) is 26.0 Å². The molecule has 0 amide bonds. The number of aromatic carboxylic acids is 1. The van der Waals surface area contributed by atoms with E-state index in [1.165, 1.54) is 31.5 Å². The summed E-state index contributed by atoms with van der Waals surface area (Å²) in [5, 5.41) is 9.23. The molecule has 4 unspecified atom stereocenters. The molecule has 0 aliphatic heterocycles. The first-order valence-corrected chi connectivity index (χ1v) is 7.32. The van der Waals surface area contributed by atoms with E-state index in [0.717, 1.165) is 29.5 Å². The highest BCUT2D eigenvalue weighted by Crippen LogP contribution is 2.72. The summed E-state index contributed by atoms with van der Waals surface area (Å²) < 4.78 is 0. The number of nitrogens with zero attached hydrogens (tertiary/aromatic N) is 2. The molecule has 2 heterocycles. The standard InChI is InChI=1S/C15H15N3O2/c19-15(20)8-3-4-16-14-12(8)17-13(18-14)11-9-6-1-2-7(5-6)10(9)11/h3-4,6-7,9-11H,1-2,5H2,(H,19,20)(H,16,17,18). The highest BCUT2D eigenvalue weighted by atomic mass is 16.4. The van der Waals surface area contributed by atoms with Gasteiger partial charge in [0.15, 0.2) is 5.65 Å². The van der Waals surface area contributed by atoms with Gasteiger partial charge in [0.1, 0.15) is 5.82 Å². The van der Waals surface area contributed by atoms with Gasteiger partial charge in [-0.25, -0.2) is 14.8 Å². The summed E-state index contributed by atoms with van der Waals surface area (Å²) in [6, 6.07) is 1.53. The van der Waals surface area contributed by atoms with E-state index < -0.39 is 5.97 Å². The summed E-state index contributed by atoms with van der Waals surface area (Å²) in [5.41, 5.74) is 1.38. The van der Waals surface area contributed by atoms with E-state index in [9.17, 15) is 9.90 Å². The Morgan fingerprint density at radius 3 is 2.75 bits per heavy atom. The quantitative estimate of drug-likeness (QED) is 0.877. The van der Waals surface area contributed by atoms with Crippen LogP contribution in [0.4, 0.5) is 0 Å². The Hall–Kier alpha value is -1.91.